The van der Waals surface area contributed by atoms with Gasteiger partial charge in [-0.05, 0) is 12.1 Å². The smallest absolute Gasteiger partial charge is 0.193 e. The van der Waals surface area contributed by atoms with Gasteiger partial charge < -0.3 is 4.74 Å². The van der Waals surface area contributed by atoms with Gasteiger partial charge in [-0.3, -0.25) is 4.79 Å². The first-order valence-electron chi connectivity index (χ1n) is 6.91. The van der Waals surface area contributed by atoms with Crippen LogP contribution < -0.4 is 9.92 Å². The first-order chi connectivity index (χ1) is 9.97. The Hall–Kier alpha value is -2.13. The molecule has 2 aromatic carbocycles. The van der Waals surface area contributed by atoms with Crippen molar-refractivity contribution in [3.8, 4) is 5.75 Å². The minimum Gasteiger partial charge on any atom is -0.497 e. The molecule has 2 aromatic rings. The molecular weight excluding hydrogens is 276 g/mol. The predicted octanol–water partition coefficient (Wildman–Crippen LogP) is 3.57. The summed E-state index contributed by atoms with van der Waals surface area (Å²) in [5.74, 6) is 0.705. The van der Waals surface area contributed by atoms with Gasteiger partial charge in [-0.2, -0.15) is 0 Å². The second-order valence-corrected chi connectivity index (χ2v) is 9.99. The van der Waals surface area contributed by atoms with Crippen molar-refractivity contribution >= 4 is 19.0 Å². The molecule has 2 nitrogen and oxygen atoms in total. The molecule has 0 N–H and O–H groups in total. The molecule has 0 spiro atoms. The molecular formula is C18H20O2Si. The highest BCUT2D eigenvalue weighted by Gasteiger charge is 2.19. The van der Waals surface area contributed by atoms with Gasteiger partial charge in [0.25, 0.3) is 0 Å². The number of ether oxygens (including phenoxy) is 1. The van der Waals surface area contributed by atoms with Crippen molar-refractivity contribution in [1.82, 2.24) is 0 Å². The largest absolute Gasteiger partial charge is 0.497 e. The lowest BCUT2D eigenvalue weighted by atomic mass is 10.0. The van der Waals surface area contributed by atoms with Crippen LogP contribution in [0.1, 0.15) is 15.9 Å². The van der Waals surface area contributed by atoms with Gasteiger partial charge in [0.1, 0.15) is 13.8 Å². The van der Waals surface area contributed by atoms with E-state index in [1.807, 2.05) is 42.1 Å². The van der Waals surface area contributed by atoms with Crippen LogP contribution >= 0.6 is 0 Å². The summed E-state index contributed by atoms with van der Waals surface area (Å²) in [6, 6.07) is 15.1. The molecule has 0 heterocycles. The van der Waals surface area contributed by atoms with Crippen LogP contribution in [-0.4, -0.2) is 21.0 Å². The van der Waals surface area contributed by atoms with Crippen molar-refractivity contribution in [2.75, 3.05) is 7.11 Å². The minimum atomic E-state index is -1.57. The van der Waals surface area contributed by atoms with Gasteiger partial charge in [0.15, 0.2) is 5.78 Å². The average molecular weight is 296 g/mol. The Bertz CT molecular complexity index is 657. The van der Waals surface area contributed by atoms with Crippen molar-refractivity contribution < 1.29 is 9.53 Å². The van der Waals surface area contributed by atoms with E-state index < -0.39 is 8.07 Å². The van der Waals surface area contributed by atoms with Crippen LogP contribution in [0.4, 0.5) is 0 Å². The Morgan fingerprint density at radius 3 is 2.33 bits per heavy atom. The third kappa shape index (κ3) is 3.31. The van der Waals surface area contributed by atoms with Gasteiger partial charge >= 0.3 is 0 Å². The van der Waals surface area contributed by atoms with E-state index in [9.17, 15) is 4.79 Å². The molecule has 0 radical (unpaired) electrons. The van der Waals surface area contributed by atoms with Crippen LogP contribution in [0, 0.1) is 0 Å². The molecule has 0 fully saturated rings. The summed E-state index contributed by atoms with van der Waals surface area (Å²) in [6.07, 6.45) is 0. The Balaban J connectivity index is 2.30. The Kier molecular flexibility index (Phi) is 4.43. The molecule has 21 heavy (non-hydrogen) atoms. The van der Waals surface area contributed by atoms with Gasteiger partial charge in [-0.15, -0.1) is 6.58 Å². The molecule has 0 atom stereocenters. The van der Waals surface area contributed by atoms with Gasteiger partial charge in [0.05, 0.1) is 7.11 Å². The number of hydrogen-bond acceptors (Lipinski definition) is 2. The van der Waals surface area contributed by atoms with Crippen LogP contribution in [0.5, 0.6) is 5.75 Å². The molecule has 0 saturated heterocycles. The zero-order chi connectivity index (χ0) is 15.5. The summed E-state index contributed by atoms with van der Waals surface area (Å²) in [4.78, 5) is 12.5. The summed E-state index contributed by atoms with van der Waals surface area (Å²) in [7, 11) is 0.0251. The fraction of sp³-hybridized carbons (Fsp3) is 0.167. The summed E-state index contributed by atoms with van der Waals surface area (Å²) in [5, 5.41) is 1.28. The maximum atomic E-state index is 12.5. The van der Waals surface area contributed by atoms with E-state index in [-0.39, 0.29) is 5.78 Å². The van der Waals surface area contributed by atoms with Crippen molar-refractivity contribution in [3.63, 3.8) is 0 Å². The third-order valence-electron chi connectivity index (χ3n) is 3.73. The fourth-order valence-electron chi connectivity index (χ4n) is 2.10. The number of ketones is 1. The molecule has 2 rings (SSSR count). The predicted molar refractivity (Wildman–Crippen MR) is 90.2 cm³/mol. The van der Waals surface area contributed by atoms with Crippen molar-refractivity contribution in [3.05, 3.63) is 71.9 Å². The zero-order valence-electron chi connectivity index (χ0n) is 12.7. The van der Waals surface area contributed by atoms with Crippen molar-refractivity contribution in [2.45, 2.75) is 13.1 Å². The lowest BCUT2D eigenvalue weighted by Crippen LogP contribution is -2.39. The lowest BCUT2D eigenvalue weighted by Gasteiger charge is -2.17. The molecule has 108 valence electrons. The topological polar surface area (TPSA) is 26.3 Å². The summed E-state index contributed by atoms with van der Waals surface area (Å²) in [5.41, 5.74) is 3.38. The van der Waals surface area contributed by atoms with E-state index in [4.69, 9.17) is 4.74 Å². The van der Waals surface area contributed by atoms with Crippen LogP contribution in [0.2, 0.25) is 13.1 Å². The zero-order valence-corrected chi connectivity index (χ0v) is 13.7. The Labute approximate surface area is 127 Å². The maximum absolute atomic E-state index is 12.5. The molecule has 0 unspecified atom stereocenters. The first kappa shape index (κ1) is 15.3. The Morgan fingerprint density at radius 1 is 1.10 bits per heavy atom. The number of hydrogen-bond donors (Lipinski definition) is 0. The second kappa shape index (κ2) is 6.10. The molecule has 0 aliphatic heterocycles. The summed E-state index contributed by atoms with van der Waals surface area (Å²) < 4.78 is 5.16. The van der Waals surface area contributed by atoms with Gasteiger partial charge in [-0.1, -0.05) is 60.4 Å². The van der Waals surface area contributed by atoms with Crippen LogP contribution in [-0.2, 0) is 0 Å². The highest BCUT2D eigenvalue weighted by Crippen LogP contribution is 2.16. The third-order valence-corrected chi connectivity index (χ3v) is 6.58. The van der Waals surface area contributed by atoms with E-state index >= 15 is 0 Å². The van der Waals surface area contributed by atoms with E-state index in [0.717, 1.165) is 0 Å². The molecule has 0 aromatic heterocycles. The van der Waals surface area contributed by atoms with E-state index in [2.05, 4.69) is 19.7 Å². The number of methoxy groups -OCH3 is 1. The number of carbonyl (C=O) groups excluding carboxylic acids is 1. The number of rotatable bonds is 5. The highest BCUT2D eigenvalue weighted by molar-refractivity contribution is 6.93. The van der Waals surface area contributed by atoms with Gasteiger partial charge in [0.2, 0.25) is 0 Å². The van der Waals surface area contributed by atoms with Crippen LogP contribution in [0.3, 0.4) is 0 Å². The summed E-state index contributed by atoms with van der Waals surface area (Å²) in [6.45, 7) is 8.38. The highest BCUT2D eigenvalue weighted by atomic mass is 28.3. The summed E-state index contributed by atoms with van der Waals surface area (Å²) >= 11 is 0. The molecule has 0 aliphatic rings. The van der Waals surface area contributed by atoms with Crippen molar-refractivity contribution in [2.24, 2.45) is 0 Å². The fourth-order valence-corrected chi connectivity index (χ4v) is 3.36. The van der Waals surface area contributed by atoms with Crippen molar-refractivity contribution in [1.29, 1.82) is 0 Å². The number of benzene rings is 2. The van der Waals surface area contributed by atoms with E-state index in [0.29, 0.717) is 16.9 Å². The molecule has 0 saturated carbocycles. The normalized spacial score (nSPS) is 11.0. The average Bonchev–Trinajstić information content (AvgIpc) is 2.54. The second-order valence-electron chi connectivity index (χ2n) is 5.56. The molecule has 0 amide bonds. The van der Waals surface area contributed by atoms with E-state index in [1.54, 1.807) is 19.2 Å². The van der Waals surface area contributed by atoms with Gasteiger partial charge in [0, 0.05) is 11.1 Å². The van der Waals surface area contributed by atoms with Crippen LogP contribution in [0.15, 0.2) is 60.8 Å². The monoisotopic (exact) mass is 296 g/mol. The molecule has 3 heteroatoms. The maximum Gasteiger partial charge on any atom is 0.193 e. The lowest BCUT2D eigenvalue weighted by molar-refractivity contribution is 0.103. The molecule has 0 aliphatic carbocycles. The SMILES string of the molecule is C=C[Si](C)(C)c1ccc(C(=O)c2cccc(OC)c2)cc1. The quantitative estimate of drug-likeness (QED) is 0.623. The van der Waals surface area contributed by atoms with Crippen LogP contribution in [0.25, 0.3) is 0 Å². The van der Waals surface area contributed by atoms with E-state index in [1.165, 1.54) is 5.19 Å². The van der Waals surface area contributed by atoms with Gasteiger partial charge in [-0.25, -0.2) is 0 Å². The minimum absolute atomic E-state index is 0.0125. The standard InChI is InChI=1S/C18H20O2Si/c1-5-21(3,4)17-11-9-14(10-12-17)18(19)15-7-6-8-16(13-15)20-2/h5-13H,1H2,2-4H3. The molecule has 0 bridgehead atoms. The first-order valence-corrected chi connectivity index (χ1v) is 9.98. The Morgan fingerprint density at radius 2 is 1.76 bits per heavy atom. The number of carbonyl (C=O) groups is 1.